The maximum atomic E-state index is 12.1. The number of aromatic nitrogens is 2. The summed E-state index contributed by atoms with van der Waals surface area (Å²) >= 11 is 0. The Balaban J connectivity index is 2.68. The van der Waals surface area contributed by atoms with E-state index in [2.05, 4.69) is 15.7 Å². The first kappa shape index (κ1) is 16.9. The number of rotatable bonds is 4. The van der Waals surface area contributed by atoms with E-state index < -0.39 is 11.7 Å². The normalized spacial score (nSPS) is 11.1. The molecule has 0 atom stereocenters. The molecule has 0 unspecified atom stereocenters. The summed E-state index contributed by atoms with van der Waals surface area (Å²) in [4.78, 5) is 35.6. The van der Waals surface area contributed by atoms with Crippen molar-refractivity contribution in [2.75, 3.05) is 6.54 Å². The van der Waals surface area contributed by atoms with Crippen LogP contribution in [0.1, 0.15) is 42.5 Å². The highest BCUT2D eigenvalue weighted by atomic mass is 16.2. The van der Waals surface area contributed by atoms with Gasteiger partial charge >= 0.3 is 0 Å². The van der Waals surface area contributed by atoms with Gasteiger partial charge in [-0.05, 0) is 34.6 Å². The molecule has 0 aromatic carbocycles. The Kier molecular flexibility index (Phi) is 4.88. The molecule has 0 aliphatic rings. The second-order valence-electron chi connectivity index (χ2n) is 5.98. The standard InChI is InChI=1S/C14H22N4O3/c1-8-11(9(2)18(6)17-8)12(20)13(21)15-7-10(19)16-14(3,4)5/h7H2,1-6H3,(H,15,21)(H,16,19). The van der Waals surface area contributed by atoms with Gasteiger partial charge in [-0.2, -0.15) is 5.10 Å². The van der Waals surface area contributed by atoms with Crippen LogP contribution in [0.15, 0.2) is 0 Å². The van der Waals surface area contributed by atoms with Gasteiger partial charge in [-0.15, -0.1) is 0 Å². The first-order valence-corrected chi connectivity index (χ1v) is 6.66. The van der Waals surface area contributed by atoms with Crippen molar-refractivity contribution in [2.24, 2.45) is 7.05 Å². The molecule has 1 aromatic heterocycles. The van der Waals surface area contributed by atoms with Crippen LogP contribution < -0.4 is 10.6 Å². The summed E-state index contributed by atoms with van der Waals surface area (Å²) in [6, 6.07) is 0. The van der Waals surface area contributed by atoms with Crippen LogP contribution in [0.3, 0.4) is 0 Å². The van der Waals surface area contributed by atoms with Crippen LogP contribution in [-0.2, 0) is 16.6 Å². The van der Waals surface area contributed by atoms with E-state index in [1.165, 1.54) is 0 Å². The van der Waals surface area contributed by atoms with Crippen LogP contribution in [0.2, 0.25) is 0 Å². The summed E-state index contributed by atoms with van der Waals surface area (Å²) in [5.41, 5.74) is 1.01. The zero-order chi connectivity index (χ0) is 16.4. The van der Waals surface area contributed by atoms with E-state index in [-0.39, 0.29) is 23.6 Å². The zero-order valence-corrected chi connectivity index (χ0v) is 13.3. The van der Waals surface area contributed by atoms with Crippen molar-refractivity contribution in [3.8, 4) is 0 Å². The number of ketones is 1. The lowest BCUT2D eigenvalue weighted by molar-refractivity contribution is -0.125. The molecule has 1 heterocycles. The Morgan fingerprint density at radius 2 is 1.76 bits per heavy atom. The number of amides is 2. The quantitative estimate of drug-likeness (QED) is 0.615. The fraction of sp³-hybridized carbons (Fsp3) is 0.571. The Morgan fingerprint density at radius 1 is 1.19 bits per heavy atom. The number of Topliss-reactive ketones (excluding diaryl/α,β-unsaturated/α-hetero) is 1. The van der Waals surface area contributed by atoms with Crippen LogP contribution in [0, 0.1) is 13.8 Å². The van der Waals surface area contributed by atoms with Crippen molar-refractivity contribution < 1.29 is 14.4 Å². The minimum Gasteiger partial charge on any atom is -0.350 e. The minimum atomic E-state index is -0.807. The average Bonchev–Trinajstić information content (AvgIpc) is 2.57. The van der Waals surface area contributed by atoms with E-state index in [0.29, 0.717) is 11.4 Å². The molecule has 7 nitrogen and oxygen atoms in total. The van der Waals surface area contributed by atoms with Crippen molar-refractivity contribution in [1.82, 2.24) is 20.4 Å². The second kappa shape index (κ2) is 6.07. The number of nitrogens with zero attached hydrogens (tertiary/aromatic N) is 2. The maximum Gasteiger partial charge on any atom is 0.292 e. The molecule has 0 bridgehead atoms. The number of carbonyl (C=O) groups excluding carboxylic acids is 3. The molecule has 116 valence electrons. The van der Waals surface area contributed by atoms with E-state index in [1.54, 1.807) is 25.6 Å². The molecule has 0 aliphatic carbocycles. The van der Waals surface area contributed by atoms with Gasteiger partial charge in [-0.1, -0.05) is 0 Å². The predicted octanol–water partition coefficient (Wildman–Crippen LogP) is 0.251. The molecule has 2 N–H and O–H groups in total. The fourth-order valence-corrected chi connectivity index (χ4v) is 1.92. The number of carbonyl (C=O) groups is 3. The van der Waals surface area contributed by atoms with Gasteiger partial charge in [0.15, 0.2) is 0 Å². The predicted molar refractivity (Wildman–Crippen MR) is 77.9 cm³/mol. The van der Waals surface area contributed by atoms with Gasteiger partial charge in [0.1, 0.15) is 0 Å². The number of nitrogens with one attached hydrogen (secondary N) is 2. The van der Waals surface area contributed by atoms with Crippen molar-refractivity contribution >= 4 is 17.6 Å². The molecule has 2 amide bonds. The van der Waals surface area contributed by atoms with Gasteiger partial charge in [-0.3, -0.25) is 19.1 Å². The van der Waals surface area contributed by atoms with Crippen molar-refractivity contribution in [3.05, 3.63) is 17.0 Å². The Labute approximate surface area is 124 Å². The van der Waals surface area contributed by atoms with Crippen LogP contribution >= 0.6 is 0 Å². The summed E-state index contributed by atoms with van der Waals surface area (Å²) < 4.78 is 1.54. The first-order chi connectivity index (χ1) is 9.53. The maximum absolute atomic E-state index is 12.1. The van der Waals surface area contributed by atoms with Crippen LogP contribution in [0.4, 0.5) is 0 Å². The number of hydrogen-bond donors (Lipinski definition) is 2. The lowest BCUT2D eigenvalue weighted by Gasteiger charge is -2.20. The van der Waals surface area contributed by atoms with Crippen molar-refractivity contribution in [2.45, 2.75) is 40.2 Å². The summed E-state index contributed by atoms with van der Waals surface area (Å²) in [5.74, 6) is -1.83. The lowest BCUT2D eigenvalue weighted by Crippen LogP contribution is -2.46. The third-order valence-electron chi connectivity index (χ3n) is 2.87. The van der Waals surface area contributed by atoms with Crippen molar-refractivity contribution in [3.63, 3.8) is 0 Å². The summed E-state index contributed by atoms with van der Waals surface area (Å²) in [6.45, 7) is 8.65. The monoisotopic (exact) mass is 294 g/mol. The van der Waals surface area contributed by atoms with Crippen molar-refractivity contribution in [1.29, 1.82) is 0 Å². The molecule has 0 saturated carbocycles. The van der Waals surface area contributed by atoms with Gasteiger partial charge in [-0.25, -0.2) is 0 Å². The highest BCUT2D eigenvalue weighted by Crippen LogP contribution is 2.12. The van der Waals surface area contributed by atoms with Gasteiger partial charge in [0.25, 0.3) is 11.7 Å². The molecule has 21 heavy (non-hydrogen) atoms. The molecule has 1 aromatic rings. The average molecular weight is 294 g/mol. The largest absolute Gasteiger partial charge is 0.350 e. The smallest absolute Gasteiger partial charge is 0.292 e. The lowest BCUT2D eigenvalue weighted by atomic mass is 10.1. The molecule has 0 radical (unpaired) electrons. The summed E-state index contributed by atoms with van der Waals surface area (Å²) in [7, 11) is 1.70. The van der Waals surface area contributed by atoms with Crippen LogP contribution in [0.25, 0.3) is 0 Å². The van der Waals surface area contributed by atoms with E-state index in [4.69, 9.17) is 0 Å². The molecular weight excluding hydrogens is 272 g/mol. The molecule has 7 heteroatoms. The number of aryl methyl sites for hydroxylation is 2. The van der Waals surface area contributed by atoms with Gasteiger partial charge < -0.3 is 10.6 Å². The Hall–Kier alpha value is -2.18. The molecule has 0 fully saturated rings. The third kappa shape index (κ3) is 4.40. The van der Waals surface area contributed by atoms with E-state index in [9.17, 15) is 14.4 Å². The van der Waals surface area contributed by atoms with Gasteiger partial charge in [0, 0.05) is 18.3 Å². The molecule has 0 aliphatic heterocycles. The van der Waals surface area contributed by atoms with E-state index >= 15 is 0 Å². The highest BCUT2D eigenvalue weighted by Gasteiger charge is 2.24. The third-order valence-corrected chi connectivity index (χ3v) is 2.87. The van der Waals surface area contributed by atoms with E-state index in [1.807, 2.05) is 20.8 Å². The molecule has 0 spiro atoms. The fourth-order valence-electron chi connectivity index (χ4n) is 1.92. The molecule has 1 rings (SSSR count). The Morgan fingerprint density at radius 3 is 2.19 bits per heavy atom. The SMILES string of the molecule is Cc1nn(C)c(C)c1C(=O)C(=O)NCC(=O)NC(C)(C)C. The molecule has 0 saturated heterocycles. The summed E-state index contributed by atoms with van der Waals surface area (Å²) in [5, 5.41) is 9.12. The minimum absolute atomic E-state index is 0.236. The topological polar surface area (TPSA) is 93.1 Å². The second-order valence-corrected chi connectivity index (χ2v) is 5.98. The van der Waals surface area contributed by atoms with E-state index in [0.717, 1.165) is 0 Å². The Bertz CT molecular complexity index is 582. The first-order valence-electron chi connectivity index (χ1n) is 6.66. The van der Waals surface area contributed by atoms with Crippen LogP contribution in [0.5, 0.6) is 0 Å². The van der Waals surface area contributed by atoms with Gasteiger partial charge in [0.05, 0.1) is 17.8 Å². The summed E-state index contributed by atoms with van der Waals surface area (Å²) in [6.07, 6.45) is 0. The molecular formula is C14H22N4O3. The van der Waals surface area contributed by atoms with Gasteiger partial charge in [0.2, 0.25) is 5.91 Å². The highest BCUT2D eigenvalue weighted by molar-refractivity contribution is 6.43. The zero-order valence-electron chi connectivity index (χ0n) is 13.3. The number of hydrogen-bond acceptors (Lipinski definition) is 4. The van der Waals surface area contributed by atoms with Crippen LogP contribution in [-0.4, -0.2) is 39.5 Å².